The molecule has 2 aliphatic heterocycles. The number of rotatable bonds is 15. The number of unbranched alkanes of at least 4 members (excludes halogenated alkanes) is 1. The second-order valence-electron chi connectivity index (χ2n) is 9.79. The van der Waals surface area contributed by atoms with Crippen LogP contribution in [0, 0.1) is 6.92 Å². The third-order valence-electron chi connectivity index (χ3n) is 6.61. The SMILES string of the molecule is COC[C@@H](F)CN(CCCCC1C=CC2=C(NCCC2)N1)CC[C@H](Nc1ncc(C)c[n+]1O)C(C)=O. The molecule has 2 aliphatic rings. The zero-order chi connectivity index (χ0) is 25.9. The van der Waals surface area contributed by atoms with Gasteiger partial charge >= 0.3 is 5.95 Å². The van der Waals surface area contributed by atoms with Gasteiger partial charge in [0.15, 0.2) is 5.78 Å². The van der Waals surface area contributed by atoms with Crippen LogP contribution < -0.4 is 20.7 Å². The van der Waals surface area contributed by atoms with Gasteiger partial charge in [0.1, 0.15) is 30.4 Å². The van der Waals surface area contributed by atoms with Crippen molar-refractivity contribution in [2.24, 2.45) is 0 Å². The van der Waals surface area contributed by atoms with Crippen LogP contribution in [-0.4, -0.2) is 79.0 Å². The summed E-state index contributed by atoms with van der Waals surface area (Å²) >= 11 is 0. The maximum absolute atomic E-state index is 14.4. The Bertz CT molecular complexity index is 925. The molecule has 0 saturated heterocycles. The fourth-order valence-corrected chi connectivity index (χ4v) is 4.64. The van der Waals surface area contributed by atoms with Gasteiger partial charge < -0.3 is 25.5 Å². The van der Waals surface area contributed by atoms with Crippen LogP contribution in [0.15, 0.2) is 35.9 Å². The van der Waals surface area contributed by atoms with E-state index < -0.39 is 12.2 Å². The topological polar surface area (TPSA) is 103 Å². The molecule has 4 N–H and O–H groups in total. The molecule has 0 saturated carbocycles. The molecule has 3 atom stereocenters. The summed E-state index contributed by atoms with van der Waals surface area (Å²) in [6.07, 6.45) is 12.2. The van der Waals surface area contributed by atoms with Crippen LogP contribution in [0.4, 0.5) is 10.3 Å². The number of aromatic nitrogens is 2. The van der Waals surface area contributed by atoms with Crippen molar-refractivity contribution in [2.45, 2.75) is 70.6 Å². The van der Waals surface area contributed by atoms with Gasteiger partial charge in [0.25, 0.3) is 0 Å². The molecule has 0 bridgehead atoms. The first kappa shape index (κ1) is 27.9. The van der Waals surface area contributed by atoms with Gasteiger partial charge in [0.2, 0.25) is 0 Å². The number of aryl methyl sites for hydroxylation is 1. The van der Waals surface area contributed by atoms with Gasteiger partial charge in [-0.25, -0.2) is 4.39 Å². The Balaban J connectivity index is 1.49. The molecular formula is C26H42FN6O3+. The smallest absolute Gasteiger partial charge is 0.382 e. The van der Waals surface area contributed by atoms with Crippen molar-refractivity contribution in [3.05, 3.63) is 41.5 Å². The van der Waals surface area contributed by atoms with E-state index in [1.165, 1.54) is 38.0 Å². The molecule has 36 heavy (non-hydrogen) atoms. The normalized spacial score (nSPS) is 18.9. The number of allylic oxidation sites excluding steroid dienone is 2. The number of ketones is 1. The van der Waals surface area contributed by atoms with Crippen LogP contribution in [0.2, 0.25) is 0 Å². The number of hydrogen-bond acceptors (Lipinski definition) is 8. The molecule has 0 amide bonds. The Kier molecular flexibility index (Phi) is 10.9. The number of dihydropyridines is 1. The molecule has 0 radical (unpaired) electrons. The fourth-order valence-electron chi connectivity index (χ4n) is 4.64. The predicted molar refractivity (Wildman–Crippen MR) is 136 cm³/mol. The number of nitrogens with one attached hydrogen (secondary N) is 3. The maximum atomic E-state index is 14.4. The first-order valence-electron chi connectivity index (χ1n) is 13.0. The number of hydrogen-bond donors (Lipinski definition) is 4. The van der Waals surface area contributed by atoms with Crippen molar-refractivity contribution in [2.75, 3.05) is 45.2 Å². The quantitative estimate of drug-likeness (QED) is 0.164. The lowest BCUT2D eigenvalue weighted by Crippen LogP contribution is -2.42. The third kappa shape index (κ3) is 8.74. The van der Waals surface area contributed by atoms with Crippen LogP contribution in [-0.2, 0) is 9.53 Å². The standard InChI is InChI=1S/C26H41FN6O3/c1-19-15-29-26(33(35)16-19)31-24(20(2)34)11-14-32(17-22(27)18-36-3)13-5-4-8-23-10-9-21-7-6-12-28-25(21)30-23/h9-10,15-16,22-24,28,30,35H,4-8,11-14,17-18H2,1-3H3/p+1/t22-,23?,24-/m0/s1. The zero-order valence-electron chi connectivity index (χ0n) is 21.8. The molecule has 1 aromatic heterocycles. The average Bonchev–Trinajstić information content (AvgIpc) is 2.85. The Labute approximate surface area is 213 Å². The lowest BCUT2D eigenvalue weighted by molar-refractivity contribution is -0.895. The number of carbonyl (C=O) groups excluding carboxylic acids is 1. The van der Waals surface area contributed by atoms with Crippen molar-refractivity contribution in [3.8, 4) is 0 Å². The second-order valence-corrected chi connectivity index (χ2v) is 9.79. The molecule has 3 heterocycles. The summed E-state index contributed by atoms with van der Waals surface area (Å²) in [4.78, 5) is 18.5. The molecule has 10 heteroatoms. The van der Waals surface area contributed by atoms with E-state index in [0.29, 0.717) is 19.0 Å². The number of anilines is 1. The summed E-state index contributed by atoms with van der Waals surface area (Å²) in [7, 11) is 1.50. The van der Waals surface area contributed by atoms with Gasteiger partial charge in [-0.3, -0.25) is 10.1 Å². The first-order valence-corrected chi connectivity index (χ1v) is 13.0. The van der Waals surface area contributed by atoms with E-state index in [-0.39, 0.29) is 24.9 Å². The predicted octanol–water partition coefficient (Wildman–Crippen LogP) is 2.25. The minimum Gasteiger partial charge on any atom is -0.382 e. The van der Waals surface area contributed by atoms with Crippen molar-refractivity contribution in [1.82, 2.24) is 20.5 Å². The third-order valence-corrected chi connectivity index (χ3v) is 6.61. The number of carbonyl (C=O) groups is 1. The van der Waals surface area contributed by atoms with Gasteiger partial charge in [0.05, 0.1) is 6.61 Å². The first-order chi connectivity index (χ1) is 17.4. The minimum atomic E-state index is -1.09. The molecule has 9 nitrogen and oxygen atoms in total. The molecule has 0 aromatic carbocycles. The summed E-state index contributed by atoms with van der Waals surface area (Å²) in [6, 6.07) is -0.229. The highest BCUT2D eigenvalue weighted by molar-refractivity contribution is 5.83. The van der Waals surface area contributed by atoms with Crippen LogP contribution >= 0.6 is 0 Å². The van der Waals surface area contributed by atoms with Crippen molar-refractivity contribution >= 4 is 11.7 Å². The van der Waals surface area contributed by atoms with Crippen molar-refractivity contribution in [1.29, 1.82) is 0 Å². The van der Waals surface area contributed by atoms with Gasteiger partial charge in [-0.1, -0.05) is 21.9 Å². The molecule has 1 aromatic rings. The van der Waals surface area contributed by atoms with E-state index >= 15 is 0 Å². The second kappa shape index (κ2) is 14.1. The van der Waals surface area contributed by atoms with E-state index in [9.17, 15) is 14.4 Å². The summed E-state index contributed by atoms with van der Waals surface area (Å²) < 4.78 is 20.3. The van der Waals surface area contributed by atoms with Gasteiger partial charge in [-0.2, -0.15) is 0 Å². The highest BCUT2D eigenvalue weighted by Crippen LogP contribution is 2.20. The Morgan fingerprint density at radius 1 is 1.42 bits per heavy atom. The number of ether oxygens (including phenoxy) is 1. The number of nitrogens with zero attached hydrogens (tertiary/aromatic N) is 3. The molecule has 200 valence electrons. The highest BCUT2D eigenvalue weighted by Gasteiger charge is 2.24. The average molecular weight is 506 g/mol. The van der Waals surface area contributed by atoms with Crippen LogP contribution in [0.25, 0.3) is 0 Å². The Hall–Kier alpha value is -2.72. The molecule has 3 rings (SSSR count). The van der Waals surface area contributed by atoms with Crippen molar-refractivity contribution < 1.29 is 23.9 Å². The van der Waals surface area contributed by atoms with Gasteiger partial charge in [0, 0.05) is 44.8 Å². The highest BCUT2D eigenvalue weighted by atomic mass is 19.1. The Morgan fingerprint density at radius 2 is 2.25 bits per heavy atom. The minimum absolute atomic E-state index is 0.0456. The Morgan fingerprint density at radius 3 is 3.00 bits per heavy atom. The monoisotopic (exact) mass is 505 g/mol. The molecular weight excluding hydrogens is 463 g/mol. The maximum Gasteiger partial charge on any atom is 0.428 e. The van der Waals surface area contributed by atoms with E-state index in [1.54, 1.807) is 6.20 Å². The van der Waals surface area contributed by atoms with E-state index in [2.05, 4.69) is 38.0 Å². The summed E-state index contributed by atoms with van der Waals surface area (Å²) in [6.45, 7) is 5.92. The van der Waals surface area contributed by atoms with E-state index in [0.717, 1.165) is 49.1 Å². The molecule has 1 unspecified atom stereocenters. The lowest BCUT2D eigenvalue weighted by Gasteiger charge is -2.29. The summed E-state index contributed by atoms with van der Waals surface area (Å²) in [5.74, 6) is 1.31. The summed E-state index contributed by atoms with van der Waals surface area (Å²) in [5, 5.41) is 20.2. The zero-order valence-corrected chi connectivity index (χ0v) is 21.8. The summed E-state index contributed by atoms with van der Waals surface area (Å²) in [5.41, 5.74) is 2.16. The van der Waals surface area contributed by atoms with E-state index in [1.807, 2.05) is 6.92 Å². The number of halogens is 1. The molecule has 0 spiro atoms. The largest absolute Gasteiger partial charge is 0.428 e. The molecule has 0 fully saturated rings. The fraction of sp³-hybridized carbons (Fsp3) is 0.654. The van der Waals surface area contributed by atoms with E-state index in [4.69, 9.17) is 4.74 Å². The number of methoxy groups -OCH3 is 1. The van der Waals surface area contributed by atoms with Crippen LogP contribution in [0.1, 0.15) is 51.0 Å². The number of alkyl halides is 1. The van der Waals surface area contributed by atoms with Gasteiger partial charge in [-0.05, 0) is 58.1 Å². The van der Waals surface area contributed by atoms with Crippen LogP contribution in [0.5, 0.6) is 0 Å². The molecule has 0 aliphatic carbocycles. The van der Waals surface area contributed by atoms with Gasteiger partial charge in [-0.15, -0.1) is 0 Å². The van der Waals surface area contributed by atoms with Crippen molar-refractivity contribution in [3.63, 3.8) is 0 Å². The lowest BCUT2D eigenvalue weighted by atomic mass is 9.99. The number of Topliss-reactive ketones (excluding diaryl/α,β-unsaturated/α-hetero) is 1. The van der Waals surface area contributed by atoms with Crippen LogP contribution in [0.3, 0.4) is 0 Å².